The molecule has 2 rings (SSSR count). The van der Waals surface area contributed by atoms with Crippen molar-refractivity contribution in [3.63, 3.8) is 0 Å². The van der Waals surface area contributed by atoms with Crippen molar-refractivity contribution in [2.24, 2.45) is 0 Å². The van der Waals surface area contributed by atoms with Gasteiger partial charge >= 0.3 is 18.3 Å². The number of nitrogen functional groups attached to an aromatic ring is 1. The fourth-order valence-corrected chi connectivity index (χ4v) is 2.38. The molecule has 28 heavy (non-hydrogen) atoms. The molecule has 0 aliphatic rings. The molecule has 1 unspecified atom stereocenters. The SMILES string of the molecule is CCOC(=O)C(c1ccc(N)c(C)c1)c1nc(C(F)(F)F)cc(C(F)(F)F)n1. The van der Waals surface area contributed by atoms with Gasteiger partial charge in [0.25, 0.3) is 0 Å². The fourth-order valence-electron chi connectivity index (χ4n) is 2.38. The van der Waals surface area contributed by atoms with E-state index in [4.69, 9.17) is 10.5 Å². The van der Waals surface area contributed by atoms with Gasteiger partial charge < -0.3 is 10.5 Å². The lowest BCUT2D eigenvalue weighted by Crippen LogP contribution is -2.24. The van der Waals surface area contributed by atoms with E-state index in [1.807, 2.05) is 0 Å². The third kappa shape index (κ3) is 4.70. The highest BCUT2D eigenvalue weighted by molar-refractivity contribution is 5.81. The lowest BCUT2D eigenvalue weighted by molar-refractivity contribution is -0.150. The van der Waals surface area contributed by atoms with Gasteiger partial charge in [0.1, 0.15) is 23.1 Å². The summed E-state index contributed by atoms with van der Waals surface area (Å²) < 4.78 is 83.3. The third-order valence-corrected chi connectivity index (χ3v) is 3.73. The molecule has 1 aromatic carbocycles. The van der Waals surface area contributed by atoms with Gasteiger partial charge in [0, 0.05) is 5.69 Å². The molecule has 1 heterocycles. The summed E-state index contributed by atoms with van der Waals surface area (Å²) in [6.07, 6.45) is -10.3. The first-order valence-electron chi connectivity index (χ1n) is 7.90. The van der Waals surface area contributed by atoms with Crippen molar-refractivity contribution >= 4 is 11.7 Å². The van der Waals surface area contributed by atoms with Crippen molar-refractivity contribution in [3.05, 3.63) is 52.6 Å². The standard InChI is InChI=1S/C17H15F6N3O2/c1-3-28-15(27)13(9-4-5-10(24)8(2)6-9)14-25-11(16(18,19)20)7-12(26-14)17(21,22)23/h4-7,13H,3,24H2,1-2H3. The molecule has 0 radical (unpaired) electrons. The minimum Gasteiger partial charge on any atom is -0.465 e. The topological polar surface area (TPSA) is 78.1 Å². The van der Waals surface area contributed by atoms with Crippen LogP contribution in [0.25, 0.3) is 0 Å². The monoisotopic (exact) mass is 407 g/mol. The molecule has 11 heteroatoms. The predicted molar refractivity (Wildman–Crippen MR) is 86.1 cm³/mol. The molecular weight excluding hydrogens is 392 g/mol. The van der Waals surface area contributed by atoms with Gasteiger partial charge in [-0.15, -0.1) is 0 Å². The van der Waals surface area contributed by atoms with E-state index < -0.39 is 41.5 Å². The number of halogens is 6. The van der Waals surface area contributed by atoms with Crippen molar-refractivity contribution in [2.75, 3.05) is 12.3 Å². The van der Waals surface area contributed by atoms with Crippen molar-refractivity contribution < 1.29 is 35.9 Å². The largest absolute Gasteiger partial charge is 0.465 e. The summed E-state index contributed by atoms with van der Waals surface area (Å²) in [5, 5.41) is 0. The zero-order valence-corrected chi connectivity index (χ0v) is 14.6. The maximum absolute atomic E-state index is 13.1. The van der Waals surface area contributed by atoms with Crippen LogP contribution in [0.15, 0.2) is 24.3 Å². The second-order valence-electron chi connectivity index (χ2n) is 5.79. The Balaban J connectivity index is 2.74. The maximum Gasteiger partial charge on any atom is 0.433 e. The number of carbonyl (C=O) groups is 1. The molecule has 2 aromatic rings. The average Bonchev–Trinajstić information content (AvgIpc) is 2.57. The number of rotatable bonds is 4. The molecular formula is C17H15F6N3O2. The van der Waals surface area contributed by atoms with E-state index >= 15 is 0 Å². The Hall–Kier alpha value is -2.85. The van der Waals surface area contributed by atoms with E-state index in [-0.39, 0.29) is 18.2 Å². The van der Waals surface area contributed by atoms with Gasteiger partial charge in [-0.2, -0.15) is 26.3 Å². The van der Waals surface area contributed by atoms with Crippen LogP contribution in [0.4, 0.5) is 32.0 Å². The van der Waals surface area contributed by atoms with Crippen LogP contribution < -0.4 is 5.73 Å². The van der Waals surface area contributed by atoms with Crippen LogP contribution in [0, 0.1) is 6.92 Å². The summed E-state index contributed by atoms with van der Waals surface area (Å²) in [5.74, 6) is -3.74. The summed E-state index contributed by atoms with van der Waals surface area (Å²) in [6, 6.07) is 3.81. The van der Waals surface area contributed by atoms with E-state index in [1.165, 1.54) is 25.1 Å². The number of carbonyl (C=O) groups excluding carboxylic acids is 1. The average molecular weight is 407 g/mol. The number of ether oxygens (including phenoxy) is 1. The maximum atomic E-state index is 13.1. The Morgan fingerprint density at radius 1 is 1.07 bits per heavy atom. The summed E-state index contributed by atoms with van der Waals surface area (Å²) in [5.41, 5.74) is 2.90. The first-order chi connectivity index (χ1) is 12.8. The van der Waals surface area contributed by atoms with Crippen LogP contribution in [0.5, 0.6) is 0 Å². The number of nitrogens with zero attached hydrogens (tertiary/aromatic N) is 2. The molecule has 5 nitrogen and oxygen atoms in total. The molecule has 2 N–H and O–H groups in total. The molecule has 0 aliphatic carbocycles. The van der Waals surface area contributed by atoms with Crippen molar-refractivity contribution in [2.45, 2.75) is 32.1 Å². The molecule has 0 saturated carbocycles. The Bertz CT molecular complexity index is 848. The summed E-state index contributed by atoms with van der Waals surface area (Å²) in [7, 11) is 0. The van der Waals surface area contributed by atoms with E-state index in [0.29, 0.717) is 11.3 Å². The summed E-state index contributed by atoms with van der Waals surface area (Å²) >= 11 is 0. The number of hydrogen-bond acceptors (Lipinski definition) is 5. The zero-order valence-electron chi connectivity index (χ0n) is 14.6. The molecule has 0 saturated heterocycles. The highest BCUT2D eigenvalue weighted by Crippen LogP contribution is 2.36. The number of alkyl halides is 6. The van der Waals surface area contributed by atoms with Crippen LogP contribution in [0.2, 0.25) is 0 Å². The second kappa shape index (κ2) is 7.64. The number of benzene rings is 1. The number of aromatic nitrogens is 2. The molecule has 0 bridgehead atoms. The quantitative estimate of drug-likeness (QED) is 0.469. The Morgan fingerprint density at radius 3 is 2.04 bits per heavy atom. The van der Waals surface area contributed by atoms with E-state index in [2.05, 4.69) is 9.97 Å². The number of nitrogens with two attached hydrogens (primary N) is 1. The van der Waals surface area contributed by atoms with E-state index in [1.54, 1.807) is 6.92 Å². The van der Waals surface area contributed by atoms with Crippen molar-refractivity contribution in [1.82, 2.24) is 9.97 Å². The summed E-state index contributed by atoms with van der Waals surface area (Å²) in [4.78, 5) is 18.7. The Labute approximate surface area is 155 Å². The minimum atomic E-state index is -5.17. The highest BCUT2D eigenvalue weighted by atomic mass is 19.4. The number of anilines is 1. The van der Waals surface area contributed by atoms with Crippen LogP contribution in [0.3, 0.4) is 0 Å². The van der Waals surface area contributed by atoms with Crippen LogP contribution in [-0.4, -0.2) is 22.5 Å². The molecule has 0 spiro atoms. The first-order valence-corrected chi connectivity index (χ1v) is 7.90. The lowest BCUT2D eigenvalue weighted by atomic mass is 9.95. The van der Waals surface area contributed by atoms with Gasteiger partial charge in [0.05, 0.1) is 6.61 Å². The van der Waals surface area contributed by atoms with Gasteiger partial charge in [-0.25, -0.2) is 9.97 Å². The second-order valence-corrected chi connectivity index (χ2v) is 5.79. The Kier molecular flexibility index (Phi) is 5.86. The molecule has 1 aromatic heterocycles. The van der Waals surface area contributed by atoms with Gasteiger partial charge in [-0.05, 0) is 37.1 Å². The van der Waals surface area contributed by atoms with E-state index in [9.17, 15) is 31.1 Å². The van der Waals surface area contributed by atoms with Gasteiger partial charge in [-0.3, -0.25) is 4.79 Å². The summed E-state index contributed by atoms with van der Waals surface area (Å²) in [6.45, 7) is 2.86. The number of esters is 1. The van der Waals surface area contributed by atoms with Gasteiger partial charge in [0.2, 0.25) is 0 Å². The molecule has 0 aliphatic heterocycles. The molecule has 152 valence electrons. The molecule has 1 atom stereocenters. The lowest BCUT2D eigenvalue weighted by Gasteiger charge is -2.19. The Morgan fingerprint density at radius 2 is 1.61 bits per heavy atom. The third-order valence-electron chi connectivity index (χ3n) is 3.73. The molecule has 0 fully saturated rings. The highest BCUT2D eigenvalue weighted by Gasteiger charge is 2.41. The molecule has 0 amide bonds. The zero-order chi connectivity index (χ0) is 21.3. The van der Waals surface area contributed by atoms with Crippen molar-refractivity contribution in [1.29, 1.82) is 0 Å². The van der Waals surface area contributed by atoms with E-state index in [0.717, 1.165) is 0 Å². The van der Waals surface area contributed by atoms with Crippen molar-refractivity contribution in [3.8, 4) is 0 Å². The number of aryl methyl sites for hydroxylation is 1. The van der Waals surface area contributed by atoms with Crippen LogP contribution in [0.1, 0.15) is 41.2 Å². The predicted octanol–water partition coefficient (Wildman–Crippen LogP) is 4.10. The van der Waals surface area contributed by atoms with Gasteiger partial charge in [0.15, 0.2) is 0 Å². The number of hydrogen-bond donors (Lipinski definition) is 1. The first kappa shape index (κ1) is 21.5. The minimum absolute atomic E-state index is 0.0533. The smallest absolute Gasteiger partial charge is 0.433 e. The van der Waals surface area contributed by atoms with Gasteiger partial charge in [-0.1, -0.05) is 12.1 Å². The van der Waals surface area contributed by atoms with Crippen LogP contribution in [-0.2, 0) is 21.9 Å². The normalized spacial score (nSPS) is 13.3. The van der Waals surface area contributed by atoms with Crippen LogP contribution >= 0.6 is 0 Å². The fraction of sp³-hybridized carbons (Fsp3) is 0.353.